The number of rotatable bonds is 7. The van der Waals surface area contributed by atoms with Gasteiger partial charge in [0.25, 0.3) is 0 Å². The molecule has 65 heavy (non-hydrogen) atoms. The van der Waals surface area contributed by atoms with E-state index in [2.05, 4.69) is 247 Å². The average molecular weight is 831 g/mol. The number of para-hydroxylation sites is 2. The molecule has 2 aromatic heterocycles. The predicted octanol–water partition coefficient (Wildman–Crippen LogP) is 15.3. The highest BCUT2D eigenvalue weighted by Crippen LogP contribution is 2.60. The molecule has 0 fully saturated rings. The van der Waals surface area contributed by atoms with Gasteiger partial charge in [0.05, 0.1) is 28.1 Å². The molecule has 2 aliphatic carbocycles. The zero-order valence-electron chi connectivity index (χ0n) is 35.8. The largest absolute Gasteiger partial charge is 0.313 e. The van der Waals surface area contributed by atoms with Crippen molar-refractivity contribution in [1.82, 2.24) is 14.5 Å². The van der Waals surface area contributed by atoms with Crippen LogP contribution in [0.15, 0.2) is 230 Å². The lowest BCUT2D eigenvalue weighted by molar-refractivity contribution is 0.478. The van der Waals surface area contributed by atoms with Crippen LogP contribution >= 0.6 is 0 Å². The Hall–Kier alpha value is -8.34. The number of anilines is 2. The van der Waals surface area contributed by atoms with Crippen LogP contribution in [0.25, 0.3) is 84.2 Å². The minimum absolute atomic E-state index is 0.177. The van der Waals surface area contributed by atoms with Crippen LogP contribution in [-0.4, -0.2) is 14.5 Å². The molecule has 3 aliphatic rings. The Kier molecular flexibility index (Phi) is 8.37. The number of nitrogens with zero attached hydrogens (tertiary/aromatic N) is 4. The van der Waals surface area contributed by atoms with Crippen LogP contribution in [-0.2, 0) is 5.41 Å². The van der Waals surface area contributed by atoms with Crippen molar-refractivity contribution in [3.8, 4) is 50.7 Å². The van der Waals surface area contributed by atoms with Gasteiger partial charge >= 0.3 is 0 Å². The second-order valence-electron chi connectivity index (χ2n) is 17.6. The summed E-state index contributed by atoms with van der Waals surface area (Å²) in [6.45, 7) is 2.43. The van der Waals surface area contributed by atoms with E-state index in [9.17, 15) is 0 Å². The zero-order valence-corrected chi connectivity index (χ0v) is 35.8. The lowest BCUT2D eigenvalue weighted by Crippen LogP contribution is -2.36. The number of allylic oxidation sites excluding steroid dienone is 5. The first kappa shape index (κ1) is 37.2. The van der Waals surface area contributed by atoms with Crippen molar-refractivity contribution in [3.63, 3.8) is 0 Å². The van der Waals surface area contributed by atoms with Crippen molar-refractivity contribution in [1.29, 1.82) is 0 Å². The number of hydrogen-bond donors (Lipinski definition) is 0. The standard InChI is InChI=1S/C61H42N4/c1-61-49-34-32-46-18-13-23-57(59(46)61)64(50-19-9-4-10-20-50)58(61)38-48(36-49)47-33-35-56-52(37-47)51-21-11-12-22-55(51)65(56)60-62-53(44-28-24-42(25-29-44)40-14-5-2-6-15-40)39-54(63-60)45-30-26-43(27-31-45)41-16-7-3-8-17-41/h2-39,49H,1H3. The van der Waals surface area contributed by atoms with E-state index < -0.39 is 0 Å². The van der Waals surface area contributed by atoms with Gasteiger partial charge in [-0.05, 0) is 100.0 Å². The van der Waals surface area contributed by atoms with Crippen LogP contribution in [0, 0.1) is 5.92 Å². The van der Waals surface area contributed by atoms with Gasteiger partial charge in [-0.2, -0.15) is 0 Å². The second-order valence-corrected chi connectivity index (χ2v) is 17.6. The topological polar surface area (TPSA) is 34.0 Å². The third-order valence-corrected chi connectivity index (χ3v) is 13.9. The summed E-state index contributed by atoms with van der Waals surface area (Å²) in [4.78, 5) is 13.3. The smallest absolute Gasteiger partial charge is 0.235 e. The summed E-state index contributed by atoms with van der Waals surface area (Å²) in [5.74, 6) is 0.839. The van der Waals surface area contributed by atoms with Gasteiger partial charge in [0, 0.05) is 44.6 Å². The van der Waals surface area contributed by atoms with Crippen LogP contribution in [0.4, 0.5) is 11.4 Å². The van der Waals surface area contributed by atoms with Crippen molar-refractivity contribution in [3.05, 3.63) is 247 Å². The minimum atomic E-state index is -0.177. The Morgan fingerprint density at radius 3 is 1.69 bits per heavy atom. The summed E-state index contributed by atoms with van der Waals surface area (Å²) >= 11 is 0. The molecule has 2 atom stereocenters. The molecule has 2 unspecified atom stereocenters. The number of aromatic nitrogens is 3. The molecule has 0 saturated carbocycles. The fourth-order valence-corrected chi connectivity index (χ4v) is 10.7. The molecule has 8 aromatic carbocycles. The lowest BCUT2D eigenvalue weighted by Gasteiger charge is -2.40. The maximum absolute atomic E-state index is 5.40. The summed E-state index contributed by atoms with van der Waals surface area (Å²) < 4.78 is 2.25. The fourth-order valence-electron chi connectivity index (χ4n) is 10.7. The minimum Gasteiger partial charge on any atom is -0.313 e. The van der Waals surface area contributed by atoms with E-state index in [0.717, 1.165) is 44.3 Å². The lowest BCUT2D eigenvalue weighted by atomic mass is 9.64. The summed E-state index contributed by atoms with van der Waals surface area (Å²) in [5.41, 5.74) is 19.3. The summed E-state index contributed by atoms with van der Waals surface area (Å²) in [6, 6.07) is 73.8. The number of fused-ring (bicyclic) bond motifs is 3. The maximum atomic E-state index is 5.40. The van der Waals surface area contributed by atoms with Crippen molar-refractivity contribution in [2.45, 2.75) is 12.3 Å². The monoisotopic (exact) mass is 830 g/mol. The van der Waals surface area contributed by atoms with Crippen LogP contribution < -0.4 is 4.90 Å². The first-order valence-corrected chi connectivity index (χ1v) is 22.4. The Morgan fingerprint density at radius 2 is 1.03 bits per heavy atom. The molecular weight excluding hydrogens is 789 g/mol. The summed E-state index contributed by atoms with van der Waals surface area (Å²) in [6.07, 6.45) is 9.66. The number of benzene rings is 8. The third kappa shape index (κ3) is 5.91. The average Bonchev–Trinajstić information content (AvgIpc) is 3.85. The van der Waals surface area contributed by atoms with Crippen LogP contribution in [0.3, 0.4) is 0 Å². The molecule has 0 N–H and O–H groups in total. The van der Waals surface area contributed by atoms with Crippen LogP contribution in [0.2, 0.25) is 0 Å². The molecular formula is C61H42N4. The first-order chi connectivity index (χ1) is 32.1. The molecule has 3 heterocycles. The van der Waals surface area contributed by atoms with Gasteiger partial charge < -0.3 is 4.90 Å². The highest BCUT2D eigenvalue weighted by molar-refractivity contribution is 6.10. The van der Waals surface area contributed by atoms with Crippen LogP contribution in [0.1, 0.15) is 23.6 Å². The Balaban J connectivity index is 0.960. The Bertz CT molecular complexity index is 3480. The second kappa shape index (κ2) is 14.6. The van der Waals surface area contributed by atoms with Gasteiger partial charge in [0.1, 0.15) is 0 Å². The van der Waals surface area contributed by atoms with E-state index in [1.165, 1.54) is 61.6 Å². The molecule has 4 nitrogen and oxygen atoms in total. The van der Waals surface area contributed by atoms with Gasteiger partial charge in [-0.3, -0.25) is 4.57 Å². The van der Waals surface area contributed by atoms with E-state index in [1.807, 2.05) is 0 Å². The molecule has 0 bridgehead atoms. The molecule has 0 amide bonds. The highest BCUT2D eigenvalue weighted by Gasteiger charge is 2.51. The quantitative estimate of drug-likeness (QED) is 0.160. The van der Waals surface area contributed by atoms with E-state index in [1.54, 1.807) is 0 Å². The van der Waals surface area contributed by atoms with E-state index in [4.69, 9.17) is 9.97 Å². The molecule has 1 aliphatic heterocycles. The van der Waals surface area contributed by atoms with Crippen molar-refractivity contribution >= 4 is 44.8 Å². The van der Waals surface area contributed by atoms with Gasteiger partial charge in [0.2, 0.25) is 5.95 Å². The van der Waals surface area contributed by atoms with E-state index >= 15 is 0 Å². The third-order valence-electron chi connectivity index (χ3n) is 13.9. The summed E-state index contributed by atoms with van der Waals surface area (Å²) in [5, 5.41) is 2.33. The highest BCUT2D eigenvalue weighted by atomic mass is 15.2. The van der Waals surface area contributed by atoms with Crippen molar-refractivity contribution in [2.75, 3.05) is 4.90 Å². The van der Waals surface area contributed by atoms with Gasteiger partial charge in [-0.15, -0.1) is 0 Å². The van der Waals surface area contributed by atoms with Crippen LogP contribution in [0.5, 0.6) is 0 Å². The fraction of sp³-hybridized carbons (Fsp3) is 0.0492. The molecule has 13 rings (SSSR count). The van der Waals surface area contributed by atoms with Gasteiger partial charge in [-0.1, -0.05) is 182 Å². The normalized spacial score (nSPS) is 17.0. The molecule has 10 aromatic rings. The zero-order chi connectivity index (χ0) is 43.1. The summed E-state index contributed by atoms with van der Waals surface area (Å²) in [7, 11) is 0. The predicted molar refractivity (Wildman–Crippen MR) is 269 cm³/mol. The maximum Gasteiger partial charge on any atom is 0.235 e. The molecule has 0 spiro atoms. The molecule has 4 heteroatoms. The van der Waals surface area contributed by atoms with Gasteiger partial charge in [0.15, 0.2) is 0 Å². The molecule has 0 saturated heterocycles. The first-order valence-electron chi connectivity index (χ1n) is 22.4. The molecule has 306 valence electrons. The van der Waals surface area contributed by atoms with E-state index in [0.29, 0.717) is 5.95 Å². The SMILES string of the molecule is CC12C3=CC(c4ccc5c(c4)c4ccccc4n5-c4nc(-c5ccc(-c6ccccc6)cc5)cc(-c5ccc(-c6ccccc6)cc5)n4)=CC1C=Cc1cccc(c12)N3c1ccccc1. The Labute approximate surface area is 378 Å². The number of hydrogen-bond acceptors (Lipinski definition) is 3. The van der Waals surface area contributed by atoms with Gasteiger partial charge in [-0.25, -0.2) is 9.97 Å². The van der Waals surface area contributed by atoms with Crippen molar-refractivity contribution < 1.29 is 0 Å². The van der Waals surface area contributed by atoms with Crippen molar-refractivity contribution in [2.24, 2.45) is 5.92 Å². The van der Waals surface area contributed by atoms with E-state index in [-0.39, 0.29) is 11.3 Å². The Morgan fingerprint density at radius 1 is 0.477 bits per heavy atom. The molecule has 0 radical (unpaired) electrons.